The zero-order valence-corrected chi connectivity index (χ0v) is 15.4. The lowest BCUT2D eigenvalue weighted by Crippen LogP contribution is -1.90. The molecule has 25 heavy (non-hydrogen) atoms. The van der Waals surface area contributed by atoms with Crippen molar-refractivity contribution in [1.82, 2.24) is 9.97 Å². The van der Waals surface area contributed by atoms with Gasteiger partial charge in [-0.15, -0.1) is 23.1 Å². The fourth-order valence-corrected chi connectivity index (χ4v) is 4.81. The molecular weight excluding hydrogens is 344 g/mol. The summed E-state index contributed by atoms with van der Waals surface area (Å²) in [5.41, 5.74) is 3.87. The first kappa shape index (κ1) is 16.3. The molecule has 0 aliphatic heterocycles. The highest BCUT2D eigenvalue weighted by Gasteiger charge is 2.13. The van der Waals surface area contributed by atoms with Crippen LogP contribution in [0.2, 0.25) is 0 Å². The largest absolute Gasteiger partial charge is 0.229 e. The lowest BCUT2D eigenvalue weighted by molar-refractivity contribution is 0.931. The monoisotopic (exact) mass is 362 g/mol. The van der Waals surface area contributed by atoms with Crippen LogP contribution in [0.5, 0.6) is 0 Å². The van der Waals surface area contributed by atoms with Gasteiger partial charge in [0.25, 0.3) is 0 Å². The molecule has 4 rings (SSSR count). The summed E-state index contributed by atoms with van der Waals surface area (Å²) in [6, 6.07) is 21.2. The predicted molar refractivity (Wildman–Crippen MR) is 108 cm³/mol. The van der Waals surface area contributed by atoms with Crippen molar-refractivity contribution in [3.05, 3.63) is 77.9 Å². The van der Waals surface area contributed by atoms with Gasteiger partial charge in [-0.05, 0) is 29.7 Å². The fraction of sp³-hybridized carbons (Fsp3) is 0.143. The van der Waals surface area contributed by atoms with Crippen LogP contribution in [0.4, 0.5) is 0 Å². The molecule has 0 spiro atoms. The van der Waals surface area contributed by atoms with Gasteiger partial charge in [0.05, 0.1) is 5.39 Å². The number of thiophene rings is 1. The third kappa shape index (κ3) is 3.75. The molecule has 0 aliphatic carbocycles. The van der Waals surface area contributed by atoms with Gasteiger partial charge in [-0.3, -0.25) is 0 Å². The second-order valence-electron chi connectivity index (χ2n) is 5.81. The molecule has 0 bridgehead atoms. The van der Waals surface area contributed by atoms with Crippen molar-refractivity contribution in [2.24, 2.45) is 0 Å². The summed E-state index contributed by atoms with van der Waals surface area (Å²) in [7, 11) is 0. The van der Waals surface area contributed by atoms with E-state index in [2.05, 4.69) is 69.9 Å². The van der Waals surface area contributed by atoms with E-state index in [9.17, 15) is 0 Å². The molecule has 2 aromatic heterocycles. The molecule has 2 aromatic carbocycles. The number of aromatic nitrogens is 2. The Labute approximate surface area is 156 Å². The molecule has 4 heteroatoms. The van der Waals surface area contributed by atoms with Crippen LogP contribution >= 0.6 is 23.1 Å². The first-order chi connectivity index (χ1) is 12.4. The van der Waals surface area contributed by atoms with Crippen molar-refractivity contribution in [2.75, 3.05) is 5.75 Å². The number of hydrogen-bond acceptors (Lipinski definition) is 4. The van der Waals surface area contributed by atoms with Crippen molar-refractivity contribution < 1.29 is 0 Å². The molecule has 124 valence electrons. The number of aryl methyl sites for hydroxylation is 1. The molecular formula is C21H18N2S2. The van der Waals surface area contributed by atoms with Crippen LogP contribution in [0.1, 0.15) is 12.0 Å². The molecule has 0 amide bonds. The van der Waals surface area contributed by atoms with Gasteiger partial charge in [-0.2, -0.15) is 0 Å². The Morgan fingerprint density at radius 3 is 2.44 bits per heavy atom. The Morgan fingerprint density at radius 2 is 1.64 bits per heavy atom. The van der Waals surface area contributed by atoms with Gasteiger partial charge in [-0.25, -0.2) is 9.97 Å². The third-order valence-corrected chi connectivity index (χ3v) is 6.07. The quantitative estimate of drug-likeness (QED) is 0.236. The standard InChI is InChI=1S/C21H18N2S2/c1-3-8-16(9-4-1)10-7-13-24-20-19-18(17-11-5-2-6-12-17)14-25-21(19)23-15-22-20/h1-6,8-9,11-12,14-15H,7,10,13H2. The van der Waals surface area contributed by atoms with Crippen LogP contribution in [0.25, 0.3) is 21.3 Å². The van der Waals surface area contributed by atoms with Crippen LogP contribution in [0.15, 0.2) is 77.4 Å². The van der Waals surface area contributed by atoms with E-state index in [0.717, 1.165) is 28.5 Å². The maximum absolute atomic E-state index is 4.57. The Hall–Kier alpha value is -2.17. The lowest BCUT2D eigenvalue weighted by Gasteiger charge is -2.05. The average molecular weight is 363 g/mol. The van der Waals surface area contributed by atoms with Crippen LogP contribution in [0.3, 0.4) is 0 Å². The van der Waals surface area contributed by atoms with Gasteiger partial charge in [0.15, 0.2) is 0 Å². The lowest BCUT2D eigenvalue weighted by atomic mass is 10.1. The molecule has 0 N–H and O–H groups in total. The highest BCUT2D eigenvalue weighted by atomic mass is 32.2. The average Bonchev–Trinajstić information content (AvgIpc) is 3.12. The molecule has 2 heterocycles. The zero-order valence-electron chi connectivity index (χ0n) is 13.8. The Morgan fingerprint density at radius 1 is 0.880 bits per heavy atom. The fourth-order valence-electron chi connectivity index (χ4n) is 2.88. The summed E-state index contributed by atoms with van der Waals surface area (Å²) >= 11 is 3.53. The normalized spacial score (nSPS) is 11.0. The van der Waals surface area contributed by atoms with E-state index < -0.39 is 0 Å². The Kier molecular flexibility index (Phi) is 5.09. The molecule has 0 saturated heterocycles. The summed E-state index contributed by atoms with van der Waals surface area (Å²) in [4.78, 5) is 10.1. The van der Waals surface area contributed by atoms with Crippen molar-refractivity contribution in [3.8, 4) is 11.1 Å². The maximum Gasteiger partial charge on any atom is 0.128 e. The molecule has 2 nitrogen and oxygen atoms in total. The van der Waals surface area contributed by atoms with Gasteiger partial charge < -0.3 is 0 Å². The zero-order chi connectivity index (χ0) is 16.9. The van der Waals surface area contributed by atoms with Gasteiger partial charge >= 0.3 is 0 Å². The van der Waals surface area contributed by atoms with E-state index >= 15 is 0 Å². The van der Waals surface area contributed by atoms with Crippen LogP contribution < -0.4 is 0 Å². The summed E-state index contributed by atoms with van der Waals surface area (Å²) in [5.74, 6) is 1.06. The number of nitrogens with zero attached hydrogens (tertiary/aromatic N) is 2. The second-order valence-corrected chi connectivity index (χ2v) is 7.75. The van der Waals surface area contributed by atoms with Crippen molar-refractivity contribution in [3.63, 3.8) is 0 Å². The predicted octanol–water partition coefficient (Wildman–Crippen LogP) is 6.08. The number of thioether (sulfide) groups is 1. The molecule has 4 aromatic rings. The molecule has 0 unspecified atom stereocenters. The van der Waals surface area contributed by atoms with Crippen LogP contribution in [0, 0.1) is 0 Å². The highest BCUT2D eigenvalue weighted by Crippen LogP contribution is 2.37. The number of rotatable bonds is 6. The summed E-state index contributed by atoms with van der Waals surface area (Å²) < 4.78 is 0. The SMILES string of the molecule is c1ccc(CCCSc2ncnc3scc(-c4ccccc4)c23)cc1. The Bertz CT molecular complexity index is 949. The minimum atomic E-state index is 1.06. The first-order valence-corrected chi connectivity index (χ1v) is 10.2. The van der Waals surface area contributed by atoms with Gasteiger partial charge in [0.2, 0.25) is 0 Å². The van der Waals surface area contributed by atoms with E-state index in [-0.39, 0.29) is 0 Å². The summed E-state index contributed by atoms with van der Waals surface area (Å²) in [6.07, 6.45) is 3.94. The van der Waals surface area contributed by atoms with Gasteiger partial charge in [-0.1, -0.05) is 60.7 Å². The maximum atomic E-state index is 4.57. The molecule has 0 aliphatic rings. The molecule has 0 atom stereocenters. The number of fused-ring (bicyclic) bond motifs is 1. The topological polar surface area (TPSA) is 25.8 Å². The van der Waals surface area contributed by atoms with Crippen molar-refractivity contribution in [1.29, 1.82) is 0 Å². The van der Waals surface area contributed by atoms with Gasteiger partial charge in [0, 0.05) is 10.9 Å². The second kappa shape index (κ2) is 7.81. The molecule has 0 saturated carbocycles. The first-order valence-electron chi connectivity index (χ1n) is 8.36. The molecule has 0 radical (unpaired) electrons. The van der Waals surface area contributed by atoms with Crippen molar-refractivity contribution in [2.45, 2.75) is 17.9 Å². The van der Waals surface area contributed by atoms with Gasteiger partial charge in [0.1, 0.15) is 16.2 Å². The van der Waals surface area contributed by atoms with E-state index in [1.165, 1.54) is 22.1 Å². The minimum Gasteiger partial charge on any atom is -0.229 e. The van der Waals surface area contributed by atoms with Crippen LogP contribution in [-0.2, 0) is 6.42 Å². The van der Waals surface area contributed by atoms with E-state index in [1.807, 2.05) is 17.8 Å². The number of benzene rings is 2. The van der Waals surface area contributed by atoms with E-state index in [1.54, 1.807) is 17.7 Å². The van der Waals surface area contributed by atoms with E-state index in [0.29, 0.717) is 0 Å². The summed E-state index contributed by atoms with van der Waals surface area (Å²) in [5, 5.41) is 4.49. The number of hydrogen-bond donors (Lipinski definition) is 0. The smallest absolute Gasteiger partial charge is 0.128 e. The summed E-state index contributed by atoms with van der Waals surface area (Å²) in [6.45, 7) is 0. The van der Waals surface area contributed by atoms with Crippen LogP contribution in [-0.4, -0.2) is 15.7 Å². The third-order valence-electron chi connectivity index (χ3n) is 4.11. The highest BCUT2D eigenvalue weighted by molar-refractivity contribution is 7.99. The van der Waals surface area contributed by atoms with E-state index in [4.69, 9.17) is 0 Å². The Balaban J connectivity index is 1.52. The van der Waals surface area contributed by atoms with Crippen molar-refractivity contribution >= 4 is 33.3 Å². The molecule has 0 fully saturated rings. The minimum absolute atomic E-state index is 1.06.